The minimum Gasteiger partial charge on any atom is -0.478 e. The molecule has 1 unspecified atom stereocenters. The predicted molar refractivity (Wildman–Crippen MR) is 154 cm³/mol. The van der Waals surface area contributed by atoms with Crippen molar-refractivity contribution in [3.8, 4) is 23.2 Å². The van der Waals surface area contributed by atoms with Gasteiger partial charge in [0.25, 0.3) is 0 Å². The van der Waals surface area contributed by atoms with Crippen LogP contribution < -0.4 is 4.74 Å². The molecule has 3 heterocycles. The van der Waals surface area contributed by atoms with Crippen molar-refractivity contribution >= 4 is 17.0 Å². The van der Waals surface area contributed by atoms with Crippen LogP contribution in [0.2, 0.25) is 0 Å². The fourth-order valence-corrected chi connectivity index (χ4v) is 5.15. The minimum absolute atomic E-state index is 0.0526. The third-order valence-electron chi connectivity index (χ3n) is 7.69. The fraction of sp³-hybridized carbons (Fsp3) is 0.212. The maximum Gasteiger partial charge on any atom is 0.335 e. The number of ether oxygens (including phenoxy) is 2. The maximum absolute atomic E-state index is 15.5. The van der Waals surface area contributed by atoms with Gasteiger partial charge in [-0.2, -0.15) is 5.26 Å². The van der Waals surface area contributed by atoms with Gasteiger partial charge in [0, 0.05) is 30.0 Å². The highest BCUT2D eigenvalue weighted by molar-refractivity contribution is 5.92. The molecule has 1 fully saturated rings. The van der Waals surface area contributed by atoms with Crippen LogP contribution in [0, 0.1) is 28.8 Å². The van der Waals surface area contributed by atoms with Crippen LogP contribution >= 0.6 is 0 Å². The lowest BCUT2D eigenvalue weighted by Gasteiger charge is -2.39. The van der Waals surface area contributed by atoms with Crippen molar-refractivity contribution in [2.24, 2.45) is 0 Å². The van der Waals surface area contributed by atoms with Crippen LogP contribution in [0.25, 0.3) is 22.3 Å². The zero-order valence-corrected chi connectivity index (χ0v) is 23.5. The lowest BCUT2D eigenvalue weighted by molar-refractivity contribution is -0.142. The molecule has 1 atom stereocenters. The molecular weight excluding hydrogens is 573 g/mol. The first-order chi connectivity index (χ1) is 21.1. The van der Waals surface area contributed by atoms with Gasteiger partial charge >= 0.3 is 5.97 Å². The number of nitrogens with zero attached hydrogens (tertiary/aromatic N) is 4. The van der Waals surface area contributed by atoms with E-state index in [9.17, 15) is 14.3 Å². The van der Waals surface area contributed by atoms with Crippen LogP contribution in [0.15, 0.2) is 66.7 Å². The quantitative estimate of drug-likeness (QED) is 0.208. The Bertz CT molecular complexity index is 1960. The number of carbonyl (C=O) groups is 1. The normalized spacial score (nSPS) is 16.0. The number of aromatic carboxylic acids is 1. The number of hydrogen-bond acceptors (Lipinski definition) is 6. The highest BCUT2D eigenvalue weighted by Crippen LogP contribution is 2.32. The number of rotatable bonds is 9. The summed E-state index contributed by atoms with van der Waals surface area (Å²) >= 11 is 0. The van der Waals surface area contributed by atoms with E-state index in [-0.39, 0.29) is 52.4 Å². The second kappa shape index (κ2) is 11.5. The molecule has 0 bridgehead atoms. The van der Waals surface area contributed by atoms with Gasteiger partial charge in [0.2, 0.25) is 5.88 Å². The lowest BCUT2D eigenvalue weighted by atomic mass is 9.97. The molecular formula is C33H25F3N4O4. The summed E-state index contributed by atoms with van der Waals surface area (Å²) < 4.78 is 58.4. The molecule has 8 nitrogen and oxygen atoms in total. The van der Waals surface area contributed by atoms with Crippen LogP contribution in [0.3, 0.4) is 0 Å². The first-order valence-electron chi connectivity index (χ1n) is 13.8. The molecule has 5 aromatic rings. The Kier molecular flexibility index (Phi) is 7.53. The van der Waals surface area contributed by atoms with Crippen LogP contribution in [-0.4, -0.2) is 37.8 Å². The standard InChI is InChI=1S/C33H25F3N4O4/c1-33(9-10-44-33)18-40-29-13-20(32(41)42)7-8-28(29)38-30(40)14-22-12-26(36)23(15-25(22)35)27-3-2-4-31(39-27)43-17-21-6-5-19(16-37)11-24(21)34/h2-8,11-13,15H,9-10,14,17-18H2,1H3,(H,41,42). The lowest BCUT2D eigenvalue weighted by Crippen LogP contribution is -2.44. The Hall–Kier alpha value is -5.21. The topological polar surface area (TPSA) is 110 Å². The monoisotopic (exact) mass is 598 g/mol. The number of fused-ring (bicyclic) bond motifs is 1. The second-order valence-electron chi connectivity index (χ2n) is 10.8. The van der Waals surface area contributed by atoms with Gasteiger partial charge in [0.05, 0.1) is 52.7 Å². The van der Waals surface area contributed by atoms with E-state index in [4.69, 9.17) is 14.7 Å². The molecule has 1 aliphatic rings. The van der Waals surface area contributed by atoms with Crippen molar-refractivity contribution in [3.63, 3.8) is 0 Å². The number of carboxylic acid groups (broad SMARTS) is 1. The van der Waals surface area contributed by atoms with Gasteiger partial charge in [0.1, 0.15) is 29.9 Å². The number of aromatic nitrogens is 3. The Labute approximate surface area is 249 Å². The average Bonchev–Trinajstić information content (AvgIpc) is 3.33. The van der Waals surface area contributed by atoms with Crippen LogP contribution in [-0.2, 0) is 24.3 Å². The smallest absolute Gasteiger partial charge is 0.335 e. The SMILES string of the molecule is CC1(Cn2c(Cc3cc(F)c(-c4cccc(OCc5ccc(C#N)cc5F)n4)cc3F)nc3ccc(C(=O)O)cc32)CCO1. The molecule has 0 amide bonds. The van der Waals surface area contributed by atoms with Gasteiger partial charge in [-0.3, -0.25) is 0 Å². The molecule has 0 saturated carbocycles. The summed E-state index contributed by atoms with van der Waals surface area (Å²) in [4.78, 5) is 20.5. The van der Waals surface area contributed by atoms with Gasteiger partial charge < -0.3 is 19.1 Å². The molecule has 0 aliphatic carbocycles. The van der Waals surface area contributed by atoms with E-state index in [2.05, 4.69) is 9.97 Å². The van der Waals surface area contributed by atoms with Crippen LogP contribution in [0.5, 0.6) is 5.88 Å². The minimum atomic E-state index is -1.08. The second-order valence-corrected chi connectivity index (χ2v) is 10.8. The Balaban J connectivity index is 1.27. The van der Waals surface area contributed by atoms with Crippen molar-refractivity contribution in [3.05, 3.63) is 112 Å². The Morgan fingerprint density at radius 1 is 1.05 bits per heavy atom. The van der Waals surface area contributed by atoms with Crippen LogP contribution in [0.1, 0.15) is 46.2 Å². The van der Waals surface area contributed by atoms with Crippen molar-refractivity contribution in [2.45, 2.75) is 38.5 Å². The Morgan fingerprint density at radius 3 is 2.55 bits per heavy atom. The van der Waals surface area contributed by atoms with E-state index in [1.807, 2.05) is 17.6 Å². The molecule has 1 saturated heterocycles. The molecule has 1 N–H and O–H groups in total. The molecule has 0 spiro atoms. The van der Waals surface area contributed by atoms with Crippen molar-refractivity contribution in [1.82, 2.24) is 14.5 Å². The molecule has 3 aromatic carbocycles. The van der Waals surface area contributed by atoms with Crippen LogP contribution in [0.4, 0.5) is 13.2 Å². The molecule has 2 aromatic heterocycles. The summed E-state index contributed by atoms with van der Waals surface area (Å²) in [5.41, 5.74) is 1.19. The number of pyridine rings is 1. The fourth-order valence-electron chi connectivity index (χ4n) is 5.15. The first kappa shape index (κ1) is 28.9. The highest BCUT2D eigenvalue weighted by atomic mass is 19.1. The van der Waals surface area contributed by atoms with E-state index >= 15 is 8.78 Å². The summed E-state index contributed by atoms with van der Waals surface area (Å²) in [5.74, 6) is -2.56. The largest absolute Gasteiger partial charge is 0.478 e. The summed E-state index contributed by atoms with van der Waals surface area (Å²) in [7, 11) is 0. The number of carboxylic acids is 1. The summed E-state index contributed by atoms with van der Waals surface area (Å²) in [5, 5.41) is 18.4. The number of hydrogen-bond donors (Lipinski definition) is 1. The first-order valence-corrected chi connectivity index (χ1v) is 13.8. The van der Waals surface area contributed by atoms with E-state index in [0.29, 0.717) is 30.0 Å². The third-order valence-corrected chi connectivity index (χ3v) is 7.69. The molecule has 0 radical (unpaired) electrons. The molecule has 222 valence electrons. The van der Waals surface area contributed by atoms with E-state index in [1.54, 1.807) is 12.1 Å². The zero-order chi connectivity index (χ0) is 31.0. The molecule has 1 aliphatic heterocycles. The van der Waals surface area contributed by atoms with Gasteiger partial charge in [-0.1, -0.05) is 12.1 Å². The summed E-state index contributed by atoms with van der Waals surface area (Å²) in [6, 6.07) is 17.2. The molecule has 44 heavy (non-hydrogen) atoms. The average molecular weight is 599 g/mol. The van der Waals surface area contributed by atoms with E-state index in [1.165, 1.54) is 36.4 Å². The van der Waals surface area contributed by atoms with Gasteiger partial charge in [-0.05, 0) is 61.0 Å². The third kappa shape index (κ3) is 5.72. The highest BCUT2D eigenvalue weighted by Gasteiger charge is 2.35. The van der Waals surface area contributed by atoms with Crippen molar-refractivity contribution in [1.29, 1.82) is 5.26 Å². The van der Waals surface area contributed by atoms with Gasteiger partial charge in [-0.15, -0.1) is 0 Å². The maximum atomic E-state index is 15.5. The molecule has 6 rings (SSSR count). The van der Waals surface area contributed by atoms with Crippen molar-refractivity contribution < 1.29 is 32.5 Å². The van der Waals surface area contributed by atoms with Gasteiger partial charge in [-0.25, -0.2) is 27.9 Å². The summed E-state index contributed by atoms with van der Waals surface area (Å²) in [6.07, 6.45) is 0.740. The van der Waals surface area contributed by atoms with E-state index in [0.717, 1.165) is 24.6 Å². The number of nitriles is 1. The predicted octanol–water partition coefficient (Wildman–Crippen LogP) is 6.43. The Morgan fingerprint density at radius 2 is 1.84 bits per heavy atom. The van der Waals surface area contributed by atoms with Gasteiger partial charge in [0.15, 0.2) is 0 Å². The number of benzene rings is 3. The zero-order valence-electron chi connectivity index (χ0n) is 23.5. The number of halogens is 3. The van der Waals surface area contributed by atoms with E-state index < -0.39 is 29.0 Å². The number of imidazole rings is 1. The summed E-state index contributed by atoms with van der Waals surface area (Å²) in [6.45, 7) is 2.73. The molecule has 11 heteroatoms. The van der Waals surface area contributed by atoms with Crippen molar-refractivity contribution in [2.75, 3.05) is 6.61 Å².